The predicted molar refractivity (Wildman–Crippen MR) is 106 cm³/mol. The number of halogens is 1. The molecular formula is C18H22ClN5O2S. The van der Waals surface area contributed by atoms with E-state index in [9.17, 15) is 9.59 Å². The Morgan fingerprint density at radius 1 is 1.41 bits per heavy atom. The molecular weight excluding hydrogens is 386 g/mol. The van der Waals surface area contributed by atoms with E-state index in [0.717, 1.165) is 24.2 Å². The Balaban J connectivity index is 1.71. The van der Waals surface area contributed by atoms with Gasteiger partial charge in [-0.1, -0.05) is 29.4 Å². The third-order valence-corrected chi connectivity index (χ3v) is 5.69. The maximum Gasteiger partial charge on any atom is 0.237 e. The second-order valence-corrected chi connectivity index (χ2v) is 8.44. The molecule has 3 N–H and O–H groups in total. The Kier molecular flexibility index (Phi) is 6.06. The average molecular weight is 408 g/mol. The molecule has 3 rings (SSSR count). The highest BCUT2D eigenvalue weighted by Crippen LogP contribution is 2.40. The van der Waals surface area contributed by atoms with Gasteiger partial charge in [-0.3, -0.25) is 9.59 Å². The van der Waals surface area contributed by atoms with Crippen LogP contribution < -0.4 is 11.1 Å². The van der Waals surface area contributed by atoms with E-state index in [0.29, 0.717) is 28.3 Å². The van der Waals surface area contributed by atoms with Gasteiger partial charge in [0.1, 0.15) is 5.82 Å². The molecule has 1 aliphatic carbocycles. The number of aromatic nitrogens is 3. The number of anilines is 1. The molecule has 0 radical (unpaired) electrons. The van der Waals surface area contributed by atoms with E-state index in [1.807, 2.05) is 24.5 Å². The van der Waals surface area contributed by atoms with E-state index in [1.54, 1.807) is 12.1 Å². The summed E-state index contributed by atoms with van der Waals surface area (Å²) >= 11 is 7.33. The van der Waals surface area contributed by atoms with Crippen LogP contribution in [0, 0.1) is 6.92 Å². The molecule has 1 fully saturated rings. The first-order valence-corrected chi connectivity index (χ1v) is 10.1. The highest BCUT2D eigenvalue weighted by molar-refractivity contribution is 8.00. The van der Waals surface area contributed by atoms with Gasteiger partial charge >= 0.3 is 0 Å². The molecule has 1 aromatic heterocycles. The summed E-state index contributed by atoms with van der Waals surface area (Å²) in [4.78, 5) is 23.8. The highest BCUT2D eigenvalue weighted by Gasteiger charge is 2.31. The van der Waals surface area contributed by atoms with Crippen molar-refractivity contribution >= 4 is 40.9 Å². The van der Waals surface area contributed by atoms with Crippen LogP contribution in [0.15, 0.2) is 23.4 Å². The topological polar surface area (TPSA) is 103 Å². The summed E-state index contributed by atoms with van der Waals surface area (Å²) in [6.45, 7) is 4.15. The van der Waals surface area contributed by atoms with Crippen LogP contribution >= 0.6 is 23.4 Å². The van der Waals surface area contributed by atoms with Crippen LogP contribution in [-0.2, 0) is 16.1 Å². The molecule has 1 atom stereocenters. The van der Waals surface area contributed by atoms with E-state index in [1.165, 1.54) is 11.8 Å². The van der Waals surface area contributed by atoms with Crippen molar-refractivity contribution in [1.82, 2.24) is 14.8 Å². The Labute approximate surface area is 167 Å². The molecule has 0 saturated heterocycles. The van der Waals surface area contributed by atoms with E-state index in [4.69, 9.17) is 17.3 Å². The lowest BCUT2D eigenvalue weighted by molar-refractivity contribution is -0.118. The summed E-state index contributed by atoms with van der Waals surface area (Å²) in [5.74, 6) is 0.737. The zero-order valence-corrected chi connectivity index (χ0v) is 16.8. The molecule has 9 heteroatoms. The van der Waals surface area contributed by atoms with Gasteiger partial charge in [0.05, 0.1) is 5.25 Å². The van der Waals surface area contributed by atoms with Crippen molar-refractivity contribution in [2.45, 2.75) is 56.0 Å². The smallest absolute Gasteiger partial charge is 0.237 e. The average Bonchev–Trinajstić information content (AvgIpc) is 3.38. The SMILES string of the molecule is Cc1ccc(Cl)cc1NC(=O)[C@@H](C)Sc1nnc(C2CC2)n1CCC(N)=O. The maximum absolute atomic E-state index is 12.6. The van der Waals surface area contributed by atoms with Gasteiger partial charge in [0.2, 0.25) is 11.8 Å². The van der Waals surface area contributed by atoms with Crippen LogP contribution in [0.4, 0.5) is 5.69 Å². The van der Waals surface area contributed by atoms with Crippen molar-refractivity contribution in [3.8, 4) is 0 Å². The summed E-state index contributed by atoms with van der Waals surface area (Å²) in [6, 6.07) is 5.37. The number of thioether (sulfide) groups is 1. The third kappa shape index (κ3) is 5.01. The van der Waals surface area contributed by atoms with E-state index in [-0.39, 0.29) is 18.2 Å². The third-order valence-electron chi connectivity index (χ3n) is 4.38. The van der Waals surface area contributed by atoms with Crippen LogP contribution in [0.3, 0.4) is 0 Å². The zero-order valence-electron chi connectivity index (χ0n) is 15.2. The number of hydrogen-bond acceptors (Lipinski definition) is 5. The van der Waals surface area contributed by atoms with Crippen LogP contribution in [0.25, 0.3) is 0 Å². The number of nitrogens with two attached hydrogens (primary N) is 1. The standard InChI is InChI=1S/C18H22ClN5O2S/c1-10-3-6-13(19)9-14(10)21-17(26)11(2)27-18-23-22-16(12-4-5-12)24(18)8-7-15(20)25/h3,6,9,11-12H,4-5,7-8H2,1-2H3,(H2,20,25)(H,21,26)/t11-/m1/s1. The molecule has 7 nitrogen and oxygen atoms in total. The molecule has 0 spiro atoms. The molecule has 144 valence electrons. The monoisotopic (exact) mass is 407 g/mol. The van der Waals surface area contributed by atoms with Crippen molar-refractivity contribution in [2.24, 2.45) is 5.73 Å². The molecule has 27 heavy (non-hydrogen) atoms. The first-order valence-electron chi connectivity index (χ1n) is 8.80. The van der Waals surface area contributed by atoms with Crippen molar-refractivity contribution in [3.63, 3.8) is 0 Å². The van der Waals surface area contributed by atoms with Crippen LogP contribution in [-0.4, -0.2) is 31.8 Å². The van der Waals surface area contributed by atoms with Crippen molar-refractivity contribution in [1.29, 1.82) is 0 Å². The molecule has 0 aliphatic heterocycles. The second-order valence-electron chi connectivity index (χ2n) is 6.69. The fourth-order valence-corrected chi connectivity index (χ4v) is 3.69. The largest absolute Gasteiger partial charge is 0.370 e. The van der Waals surface area contributed by atoms with E-state index in [2.05, 4.69) is 15.5 Å². The van der Waals surface area contributed by atoms with Gasteiger partial charge in [0.15, 0.2) is 5.16 Å². The summed E-state index contributed by atoms with van der Waals surface area (Å²) in [7, 11) is 0. The molecule has 1 aromatic carbocycles. The van der Waals surface area contributed by atoms with Crippen molar-refractivity contribution in [3.05, 3.63) is 34.6 Å². The Bertz CT molecular complexity index is 865. The Morgan fingerprint density at radius 3 is 2.81 bits per heavy atom. The van der Waals surface area contributed by atoms with Crippen LogP contribution in [0.2, 0.25) is 5.02 Å². The number of rotatable bonds is 8. The summed E-state index contributed by atoms with van der Waals surface area (Å²) in [6.07, 6.45) is 2.36. The van der Waals surface area contributed by atoms with Gasteiger partial charge in [-0.15, -0.1) is 10.2 Å². The molecule has 0 bridgehead atoms. The van der Waals surface area contributed by atoms with Gasteiger partial charge < -0.3 is 15.6 Å². The molecule has 1 aliphatic rings. The fourth-order valence-electron chi connectivity index (χ4n) is 2.64. The summed E-state index contributed by atoms with van der Waals surface area (Å²) in [5.41, 5.74) is 6.91. The quantitative estimate of drug-likeness (QED) is 0.654. The van der Waals surface area contributed by atoms with Crippen molar-refractivity contribution < 1.29 is 9.59 Å². The minimum atomic E-state index is -0.396. The second kappa shape index (κ2) is 8.31. The summed E-state index contributed by atoms with van der Waals surface area (Å²) < 4.78 is 1.92. The number of benzene rings is 1. The number of amides is 2. The Hall–Kier alpha value is -2.06. The molecule has 2 amide bonds. The number of nitrogens with zero attached hydrogens (tertiary/aromatic N) is 3. The zero-order chi connectivity index (χ0) is 19.6. The van der Waals surface area contributed by atoms with Gasteiger partial charge in [-0.25, -0.2) is 0 Å². The van der Waals surface area contributed by atoms with Gasteiger partial charge in [0.25, 0.3) is 0 Å². The van der Waals surface area contributed by atoms with E-state index < -0.39 is 5.25 Å². The number of nitrogens with one attached hydrogen (secondary N) is 1. The summed E-state index contributed by atoms with van der Waals surface area (Å²) in [5, 5.41) is 12.2. The molecule has 0 unspecified atom stereocenters. The molecule has 1 heterocycles. The molecule has 2 aromatic rings. The maximum atomic E-state index is 12.6. The fraction of sp³-hybridized carbons (Fsp3) is 0.444. The molecule has 1 saturated carbocycles. The van der Waals surface area contributed by atoms with E-state index >= 15 is 0 Å². The number of primary amides is 1. The first kappa shape index (κ1) is 19.7. The lowest BCUT2D eigenvalue weighted by Gasteiger charge is -2.14. The van der Waals surface area contributed by atoms with Crippen LogP contribution in [0.1, 0.15) is 43.5 Å². The number of hydrogen-bond donors (Lipinski definition) is 2. The van der Waals surface area contributed by atoms with Crippen molar-refractivity contribution in [2.75, 3.05) is 5.32 Å². The minimum absolute atomic E-state index is 0.150. The van der Waals surface area contributed by atoms with Gasteiger partial charge in [0, 0.05) is 29.6 Å². The van der Waals surface area contributed by atoms with Gasteiger partial charge in [-0.2, -0.15) is 0 Å². The lowest BCUT2D eigenvalue weighted by atomic mass is 10.2. The van der Waals surface area contributed by atoms with Gasteiger partial charge in [-0.05, 0) is 44.4 Å². The normalized spacial score (nSPS) is 14.8. The Morgan fingerprint density at radius 2 is 2.15 bits per heavy atom. The predicted octanol–water partition coefficient (Wildman–Crippen LogP) is 3.11. The number of carbonyl (C=O) groups excluding carboxylic acids is 2. The lowest BCUT2D eigenvalue weighted by Crippen LogP contribution is -2.23. The highest BCUT2D eigenvalue weighted by atomic mass is 35.5. The number of aryl methyl sites for hydroxylation is 1. The van der Waals surface area contributed by atoms with Crippen LogP contribution in [0.5, 0.6) is 0 Å². The first-order chi connectivity index (χ1) is 12.8. The minimum Gasteiger partial charge on any atom is -0.370 e. The number of carbonyl (C=O) groups is 2.